The lowest BCUT2D eigenvalue weighted by Crippen LogP contribution is -2.09. The molecule has 0 bridgehead atoms. The number of carbonyl (C=O) groups is 1. The van der Waals surface area contributed by atoms with Crippen molar-refractivity contribution in [3.05, 3.63) is 46.2 Å². The second kappa shape index (κ2) is 10.6. The summed E-state index contributed by atoms with van der Waals surface area (Å²) in [5.41, 5.74) is 4.33. The Morgan fingerprint density at radius 2 is 1.84 bits per heavy atom. The third-order valence-corrected chi connectivity index (χ3v) is 6.20. The van der Waals surface area contributed by atoms with Crippen LogP contribution < -0.4 is 9.47 Å². The number of thiazole rings is 1. The lowest BCUT2D eigenvalue weighted by molar-refractivity contribution is -0.145. The van der Waals surface area contributed by atoms with E-state index in [1.54, 1.807) is 14.2 Å². The summed E-state index contributed by atoms with van der Waals surface area (Å²) in [5, 5.41) is 3.40. The van der Waals surface area contributed by atoms with Crippen molar-refractivity contribution in [1.82, 2.24) is 15.0 Å². The van der Waals surface area contributed by atoms with Gasteiger partial charge in [-0.15, -0.1) is 11.3 Å². The van der Waals surface area contributed by atoms with Crippen molar-refractivity contribution in [3.8, 4) is 22.1 Å². The molecule has 7 nitrogen and oxygen atoms in total. The number of carbonyl (C=O) groups excluding carboxylic acids is 1. The number of aryl methyl sites for hydroxylation is 2. The van der Waals surface area contributed by atoms with Crippen LogP contribution in [0.4, 0.5) is 0 Å². The molecule has 0 unspecified atom stereocenters. The van der Waals surface area contributed by atoms with Gasteiger partial charge < -0.3 is 14.2 Å². The molecule has 0 spiro atoms. The van der Waals surface area contributed by atoms with Crippen LogP contribution in [-0.4, -0.2) is 41.4 Å². The fraction of sp³-hybridized carbons (Fsp3) is 0.364. The number of ether oxygens (including phenoxy) is 3. The molecule has 0 saturated heterocycles. The number of hydrogen-bond donors (Lipinski definition) is 0. The van der Waals surface area contributed by atoms with Gasteiger partial charge in [0.1, 0.15) is 11.6 Å². The number of esters is 1. The number of nitrogens with zero attached hydrogens (tertiary/aromatic N) is 3. The van der Waals surface area contributed by atoms with Gasteiger partial charge in [-0.1, -0.05) is 17.8 Å². The van der Waals surface area contributed by atoms with Gasteiger partial charge in [0.2, 0.25) is 0 Å². The number of para-hydroxylation sites is 1. The Morgan fingerprint density at radius 1 is 1.10 bits per heavy atom. The number of thioether (sulfide) groups is 1. The second-order valence-corrected chi connectivity index (χ2v) is 8.34. The summed E-state index contributed by atoms with van der Waals surface area (Å²) in [5.74, 6) is 0.993. The fourth-order valence-corrected chi connectivity index (χ4v) is 4.45. The van der Waals surface area contributed by atoms with E-state index in [4.69, 9.17) is 14.2 Å². The van der Waals surface area contributed by atoms with E-state index in [2.05, 4.69) is 15.0 Å². The van der Waals surface area contributed by atoms with E-state index in [1.807, 2.05) is 43.7 Å². The minimum absolute atomic E-state index is 0.126. The third kappa shape index (κ3) is 5.54. The van der Waals surface area contributed by atoms with Crippen molar-refractivity contribution in [2.24, 2.45) is 0 Å². The Labute approximate surface area is 190 Å². The molecule has 164 valence electrons. The summed E-state index contributed by atoms with van der Waals surface area (Å²) < 4.78 is 16.3. The predicted octanol–water partition coefficient (Wildman–Crippen LogP) is 4.63. The highest BCUT2D eigenvalue weighted by Crippen LogP contribution is 2.39. The van der Waals surface area contributed by atoms with E-state index in [9.17, 15) is 4.79 Å². The first-order valence-corrected chi connectivity index (χ1v) is 11.8. The summed E-state index contributed by atoms with van der Waals surface area (Å²) >= 11 is 2.97. The van der Waals surface area contributed by atoms with Gasteiger partial charge in [0.15, 0.2) is 16.7 Å². The van der Waals surface area contributed by atoms with Crippen LogP contribution in [0.15, 0.2) is 28.7 Å². The monoisotopic (exact) mass is 459 g/mol. The molecule has 0 fully saturated rings. The maximum absolute atomic E-state index is 12.3. The lowest BCUT2D eigenvalue weighted by Gasteiger charge is -2.10. The Hall–Kier alpha value is -2.65. The number of methoxy groups -OCH3 is 2. The van der Waals surface area contributed by atoms with E-state index < -0.39 is 0 Å². The first kappa shape index (κ1) is 23.0. The van der Waals surface area contributed by atoms with Crippen LogP contribution in [0.5, 0.6) is 11.5 Å². The highest BCUT2D eigenvalue weighted by atomic mass is 32.2. The summed E-state index contributed by atoms with van der Waals surface area (Å²) in [6, 6.07) is 5.64. The van der Waals surface area contributed by atoms with E-state index in [-0.39, 0.29) is 19.0 Å². The minimum atomic E-state index is -0.277. The molecule has 3 rings (SSSR count). The minimum Gasteiger partial charge on any atom is -0.493 e. The molecule has 1 aromatic carbocycles. The normalized spacial score (nSPS) is 10.7. The summed E-state index contributed by atoms with van der Waals surface area (Å²) in [6.45, 7) is 4.01. The average molecular weight is 460 g/mol. The topological polar surface area (TPSA) is 83.4 Å². The molecule has 0 aliphatic heterocycles. The third-order valence-electron chi connectivity index (χ3n) is 4.73. The van der Waals surface area contributed by atoms with Crippen LogP contribution in [0.3, 0.4) is 0 Å². The molecule has 0 atom stereocenters. The molecule has 0 aliphatic carbocycles. The molecule has 2 aromatic heterocycles. The summed E-state index contributed by atoms with van der Waals surface area (Å²) in [4.78, 5) is 25.8. The largest absolute Gasteiger partial charge is 0.493 e. The number of rotatable bonds is 9. The van der Waals surface area contributed by atoms with Gasteiger partial charge in [0, 0.05) is 23.2 Å². The van der Waals surface area contributed by atoms with Gasteiger partial charge in [-0.2, -0.15) is 0 Å². The van der Waals surface area contributed by atoms with Crippen LogP contribution in [0.25, 0.3) is 10.6 Å². The van der Waals surface area contributed by atoms with Crippen molar-refractivity contribution >= 4 is 29.1 Å². The van der Waals surface area contributed by atoms with Gasteiger partial charge >= 0.3 is 5.97 Å². The van der Waals surface area contributed by atoms with E-state index >= 15 is 0 Å². The van der Waals surface area contributed by atoms with E-state index in [0.717, 1.165) is 32.7 Å². The summed E-state index contributed by atoms with van der Waals surface area (Å²) in [6.07, 6.45) is 2.76. The number of aromatic nitrogens is 3. The van der Waals surface area contributed by atoms with Crippen molar-refractivity contribution in [3.63, 3.8) is 0 Å². The molecule has 0 aliphatic rings. The molecule has 0 radical (unpaired) electrons. The molecule has 2 heterocycles. The lowest BCUT2D eigenvalue weighted by atomic mass is 10.1. The van der Waals surface area contributed by atoms with Crippen LogP contribution in [-0.2, 0) is 22.6 Å². The first-order chi connectivity index (χ1) is 15.0. The Balaban J connectivity index is 1.60. The van der Waals surface area contributed by atoms with Gasteiger partial charge in [-0.3, -0.25) is 4.79 Å². The average Bonchev–Trinajstić information content (AvgIpc) is 3.25. The zero-order chi connectivity index (χ0) is 22.4. The SMILES string of the molecule is COc1cccc(-c2nc(COC(=O)CCc3c(C)nc(SC)nc3C)cs2)c1OC. The van der Waals surface area contributed by atoms with Gasteiger partial charge in [-0.25, -0.2) is 15.0 Å². The van der Waals surface area contributed by atoms with Crippen LogP contribution in [0.2, 0.25) is 0 Å². The number of benzene rings is 1. The molecule has 9 heteroatoms. The molecule has 3 aromatic rings. The molecule has 0 amide bonds. The highest BCUT2D eigenvalue weighted by molar-refractivity contribution is 7.98. The van der Waals surface area contributed by atoms with Crippen LogP contribution in [0.1, 0.15) is 29.1 Å². The smallest absolute Gasteiger partial charge is 0.306 e. The van der Waals surface area contributed by atoms with Gasteiger partial charge in [0.25, 0.3) is 0 Å². The summed E-state index contributed by atoms with van der Waals surface area (Å²) in [7, 11) is 3.20. The molecular weight excluding hydrogens is 434 g/mol. The Kier molecular flexibility index (Phi) is 7.86. The quantitative estimate of drug-likeness (QED) is 0.260. The zero-order valence-electron chi connectivity index (χ0n) is 18.2. The molecule has 0 N–H and O–H groups in total. The number of hydrogen-bond acceptors (Lipinski definition) is 9. The van der Waals surface area contributed by atoms with E-state index in [0.29, 0.717) is 23.6 Å². The van der Waals surface area contributed by atoms with Gasteiger partial charge in [0.05, 0.1) is 25.5 Å². The van der Waals surface area contributed by atoms with Gasteiger partial charge in [-0.05, 0) is 44.2 Å². The highest BCUT2D eigenvalue weighted by Gasteiger charge is 2.16. The van der Waals surface area contributed by atoms with Crippen molar-refractivity contribution in [1.29, 1.82) is 0 Å². The maximum Gasteiger partial charge on any atom is 0.306 e. The molecule has 31 heavy (non-hydrogen) atoms. The molecule has 0 saturated carbocycles. The fourth-order valence-electron chi connectivity index (χ4n) is 3.17. The Morgan fingerprint density at radius 3 is 2.48 bits per heavy atom. The predicted molar refractivity (Wildman–Crippen MR) is 122 cm³/mol. The van der Waals surface area contributed by atoms with Crippen molar-refractivity contribution in [2.75, 3.05) is 20.5 Å². The second-order valence-electron chi connectivity index (χ2n) is 6.71. The zero-order valence-corrected chi connectivity index (χ0v) is 19.9. The van der Waals surface area contributed by atoms with Crippen molar-refractivity contribution in [2.45, 2.75) is 38.5 Å². The maximum atomic E-state index is 12.3. The van der Waals surface area contributed by atoms with Crippen LogP contribution >= 0.6 is 23.1 Å². The first-order valence-electron chi connectivity index (χ1n) is 9.66. The molecular formula is C22H25N3O4S2. The standard InChI is InChI=1S/C22H25N3O4S2/c1-13-16(14(2)24-22(23-13)30-5)9-10-19(26)29-11-15-12-31-21(25-15)17-7-6-8-18(27-3)20(17)28-4/h6-8,12H,9-11H2,1-5H3. The van der Waals surface area contributed by atoms with E-state index in [1.165, 1.54) is 23.1 Å². The van der Waals surface area contributed by atoms with Crippen molar-refractivity contribution < 1.29 is 19.0 Å². The Bertz CT molecular complexity index is 1050. The van der Waals surface area contributed by atoms with Crippen LogP contribution in [0, 0.1) is 13.8 Å².